The van der Waals surface area contributed by atoms with Crippen LogP contribution in [0.5, 0.6) is 0 Å². The first-order chi connectivity index (χ1) is 6.29. The average molecular weight is 180 g/mol. The van der Waals surface area contributed by atoms with E-state index in [1.165, 1.54) is 7.05 Å². The Hall–Kier alpha value is -1.50. The van der Waals surface area contributed by atoms with Crippen LogP contribution < -0.4 is 5.32 Å². The lowest BCUT2D eigenvalue weighted by Crippen LogP contribution is -2.22. The summed E-state index contributed by atoms with van der Waals surface area (Å²) >= 11 is 0. The monoisotopic (exact) mass is 180 g/mol. The van der Waals surface area contributed by atoms with E-state index in [1.54, 1.807) is 0 Å². The topological polar surface area (TPSA) is 62.1 Å². The van der Waals surface area contributed by atoms with E-state index < -0.39 is 0 Å². The van der Waals surface area contributed by atoms with Crippen molar-refractivity contribution in [2.45, 2.75) is 19.3 Å². The molecule has 0 saturated carbocycles. The fourth-order valence-electron chi connectivity index (χ4n) is 1.22. The SMILES string of the molecule is CNC(=O)/C(C#N)=C1/CCCCO1. The summed E-state index contributed by atoms with van der Waals surface area (Å²) in [4.78, 5) is 11.2. The molecule has 1 amide bonds. The Morgan fingerprint density at radius 2 is 2.38 bits per heavy atom. The Labute approximate surface area is 77.2 Å². The molecule has 4 heteroatoms. The van der Waals surface area contributed by atoms with E-state index in [2.05, 4.69) is 5.32 Å². The van der Waals surface area contributed by atoms with Crippen LogP contribution in [0.4, 0.5) is 0 Å². The molecule has 0 aromatic rings. The maximum absolute atomic E-state index is 11.2. The van der Waals surface area contributed by atoms with Crippen LogP contribution in [0.15, 0.2) is 11.3 Å². The minimum Gasteiger partial charge on any atom is -0.496 e. The Bertz CT molecular complexity index is 268. The van der Waals surface area contributed by atoms with Crippen molar-refractivity contribution < 1.29 is 9.53 Å². The van der Waals surface area contributed by atoms with Gasteiger partial charge in [-0.05, 0) is 12.8 Å². The minimum absolute atomic E-state index is 0.113. The van der Waals surface area contributed by atoms with E-state index >= 15 is 0 Å². The molecule has 0 spiro atoms. The van der Waals surface area contributed by atoms with Gasteiger partial charge in [-0.1, -0.05) is 0 Å². The van der Waals surface area contributed by atoms with Crippen LogP contribution in [0.25, 0.3) is 0 Å². The van der Waals surface area contributed by atoms with Gasteiger partial charge in [-0.15, -0.1) is 0 Å². The number of nitrogens with one attached hydrogen (secondary N) is 1. The van der Waals surface area contributed by atoms with Gasteiger partial charge in [0.15, 0.2) is 5.57 Å². The maximum atomic E-state index is 11.2. The molecule has 0 atom stereocenters. The summed E-state index contributed by atoms with van der Waals surface area (Å²) in [7, 11) is 1.50. The lowest BCUT2D eigenvalue weighted by atomic mass is 10.1. The first-order valence-corrected chi connectivity index (χ1v) is 4.27. The first kappa shape index (κ1) is 9.59. The molecule has 1 heterocycles. The fourth-order valence-corrected chi connectivity index (χ4v) is 1.22. The van der Waals surface area contributed by atoms with Crippen LogP contribution in [0, 0.1) is 11.3 Å². The molecular formula is C9H12N2O2. The number of nitrogens with zero attached hydrogens (tertiary/aromatic N) is 1. The number of ether oxygens (including phenoxy) is 1. The van der Waals surface area contributed by atoms with Crippen LogP contribution >= 0.6 is 0 Å². The van der Waals surface area contributed by atoms with Crippen molar-refractivity contribution >= 4 is 5.91 Å². The summed E-state index contributed by atoms with van der Waals surface area (Å²) in [5.41, 5.74) is 0.113. The van der Waals surface area contributed by atoms with E-state index in [1.807, 2.05) is 6.07 Å². The first-order valence-electron chi connectivity index (χ1n) is 4.27. The van der Waals surface area contributed by atoms with Crippen molar-refractivity contribution in [1.82, 2.24) is 5.32 Å². The molecule has 0 aromatic heterocycles. The lowest BCUT2D eigenvalue weighted by Gasteiger charge is -2.16. The van der Waals surface area contributed by atoms with Crippen molar-refractivity contribution in [3.05, 3.63) is 11.3 Å². The zero-order chi connectivity index (χ0) is 9.68. The lowest BCUT2D eigenvalue weighted by molar-refractivity contribution is -0.116. The van der Waals surface area contributed by atoms with Crippen molar-refractivity contribution in [3.8, 4) is 6.07 Å². The largest absolute Gasteiger partial charge is 0.496 e. The number of hydrogen-bond donors (Lipinski definition) is 1. The molecule has 1 fully saturated rings. The number of likely N-dealkylation sites (N-methyl/N-ethyl adjacent to an activating group) is 1. The Balaban J connectivity index is 2.84. The van der Waals surface area contributed by atoms with Crippen molar-refractivity contribution in [1.29, 1.82) is 5.26 Å². The predicted octanol–water partition coefficient (Wildman–Crippen LogP) is 0.711. The minimum atomic E-state index is -0.362. The second-order valence-electron chi connectivity index (χ2n) is 2.79. The summed E-state index contributed by atoms with van der Waals surface area (Å²) in [5.74, 6) is 0.174. The fraction of sp³-hybridized carbons (Fsp3) is 0.556. The molecule has 0 unspecified atom stereocenters. The van der Waals surface area contributed by atoms with E-state index in [4.69, 9.17) is 10.00 Å². The van der Waals surface area contributed by atoms with Gasteiger partial charge in [0.25, 0.3) is 5.91 Å². The standard InChI is InChI=1S/C9H12N2O2/c1-11-9(12)7(6-10)8-4-2-3-5-13-8/h2-5H2,1H3,(H,11,12)/b8-7-. The summed E-state index contributed by atoms with van der Waals surface area (Å²) in [6.07, 6.45) is 2.67. The third-order valence-electron chi connectivity index (χ3n) is 1.92. The number of allylic oxidation sites excluding steroid dienone is 1. The quantitative estimate of drug-likeness (QED) is 0.477. The van der Waals surface area contributed by atoms with E-state index in [0.717, 1.165) is 12.8 Å². The second kappa shape index (κ2) is 4.51. The summed E-state index contributed by atoms with van der Waals surface area (Å²) in [6.45, 7) is 0.609. The molecule has 1 aliphatic rings. The average Bonchev–Trinajstić information content (AvgIpc) is 2.20. The number of carbonyl (C=O) groups excluding carboxylic acids is 1. The molecular weight excluding hydrogens is 168 g/mol. The van der Waals surface area contributed by atoms with E-state index in [-0.39, 0.29) is 11.5 Å². The van der Waals surface area contributed by atoms with Gasteiger partial charge in [0.2, 0.25) is 0 Å². The van der Waals surface area contributed by atoms with Gasteiger partial charge < -0.3 is 10.1 Å². The van der Waals surface area contributed by atoms with Crippen LogP contribution in [-0.2, 0) is 9.53 Å². The summed E-state index contributed by atoms with van der Waals surface area (Å²) in [6, 6.07) is 1.87. The van der Waals surface area contributed by atoms with Gasteiger partial charge >= 0.3 is 0 Å². The third-order valence-corrected chi connectivity index (χ3v) is 1.92. The Morgan fingerprint density at radius 1 is 1.62 bits per heavy atom. The molecule has 0 aliphatic carbocycles. The molecule has 1 aliphatic heterocycles. The van der Waals surface area contributed by atoms with Gasteiger partial charge in [-0.25, -0.2) is 0 Å². The predicted molar refractivity (Wildman–Crippen MR) is 46.5 cm³/mol. The molecule has 0 bridgehead atoms. The number of rotatable bonds is 1. The number of carbonyl (C=O) groups is 1. The molecule has 1 N–H and O–H groups in total. The van der Waals surface area contributed by atoms with E-state index in [0.29, 0.717) is 18.8 Å². The molecule has 0 radical (unpaired) electrons. The smallest absolute Gasteiger partial charge is 0.265 e. The highest BCUT2D eigenvalue weighted by Gasteiger charge is 2.17. The summed E-state index contributed by atoms with van der Waals surface area (Å²) < 4.78 is 5.25. The molecule has 13 heavy (non-hydrogen) atoms. The zero-order valence-corrected chi connectivity index (χ0v) is 7.59. The van der Waals surface area contributed by atoms with Crippen molar-refractivity contribution in [3.63, 3.8) is 0 Å². The van der Waals surface area contributed by atoms with Crippen LogP contribution in [0.2, 0.25) is 0 Å². The Morgan fingerprint density at radius 3 is 2.85 bits per heavy atom. The van der Waals surface area contributed by atoms with Crippen LogP contribution in [0.1, 0.15) is 19.3 Å². The zero-order valence-electron chi connectivity index (χ0n) is 7.59. The highest BCUT2D eigenvalue weighted by molar-refractivity contribution is 5.97. The molecule has 70 valence electrons. The van der Waals surface area contributed by atoms with E-state index in [9.17, 15) is 4.79 Å². The molecule has 1 rings (SSSR count). The van der Waals surface area contributed by atoms with Gasteiger partial charge in [0.05, 0.1) is 6.61 Å². The van der Waals surface area contributed by atoms with Gasteiger partial charge in [-0.2, -0.15) is 5.26 Å². The van der Waals surface area contributed by atoms with Gasteiger partial charge in [-0.3, -0.25) is 4.79 Å². The number of hydrogen-bond acceptors (Lipinski definition) is 3. The van der Waals surface area contributed by atoms with Gasteiger partial charge in [0, 0.05) is 13.5 Å². The maximum Gasteiger partial charge on any atom is 0.265 e. The number of amides is 1. The second-order valence-corrected chi connectivity index (χ2v) is 2.79. The Kier molecular flexibility index (Phi) is 3.32. The molecule has 1 saturated heterocycles. The van der Waals surface area contributed by atoms with Gasteiger partial charge in [0.1, 0.15) is 11.8 Å². The highest BCUT2D eigenvalue weighted by Crippen LogP contribution is 2.19. The van der Waals surface area contributed by atoms with Crippen LogP contribution in [0.3, 0.4) is 0 Å². The molecule has 0 aromatic carbocycles. The highest BCUT2D eigenvalue weighted by atomic mass is 16.5. The van der Waals surface area contributed by atoms with Crippen molar-refractivity contribution in [2.75, 3.05) is 13.7 Å². The van der Waals surface area contributed by atoms with Crippen LogP contribution in [-0.4, -0.2) is 19.6 Å². The number of nitriles is 1. The molecule has 4 nitrogen and oxygen atoms in total. The normalized spacial score (nSPS) is 19.7. The van der Waals surface area contributed by atoms with Crippen molar-refractivity contribution in [2.24, 2.45) is 0 Å². The third kappa shape index (κ3) is 2.22. The summed E-state index contributed by atoms with van der Waals surface area (Å²) in [5, 5.41) is 11.1.